The Bertz CT molecular complexity index is 516. The van der Waals surface area contributed by atoms with Gasteiger partial charge in [-0.25, -0.2) is 4.79 Å². The Balaban J connectivity index is 1.61. The monoisotopic (exact) mass is 290 g/mol. The van der Waals surface area contributed by atoms with Crippen LogP contribution in [0.5, 0.6) is 5.75 Å². The smallest absolute Gasteiger partial charge is 0.410 e. The van der Waals surface area contributed by atoms with E-state index in [0.717, 1.165) is 25.0 Å². The Morgan fingerprint density at radius 2 is 2.10 bits per heavy atom. The second-order valence-corrected chi connectivity index (χ2v) is 6.91. The van der Waals surface area contributed by atoms with E-state index in [2.05, 4.69) is 4.98 Å². The largest absolute Gasteiger partial charge is 0.485 e. The fraction of sp³-hybridized carbons (Fsp3) is 0.625. The number of nitrogens with zero attached hydrogens (tertiary/aromatic N) is 2. The van der Waals surface area contributed by atoms with Crippen molar-refractivity contribution in [3.8, 4) is 5.75 Å². The molecule has 0 bridgehead atoms. The number of ether oxygens (including phenoxy) is 2. The minimum Gasteiger partial charge on any atom is -0.485 e. The lowest BCUT2D eigenvalue weighted by Gasteiger charge is -2.38. The highest BCUT2D eigenvalue weighted by molar-refractivity contribution is 5.68. The molecule has 21 heavy (non-hydrogen) atoms. The fourth-order valence-electron chi connectivity index (χ4n) is 2.97. The summed E-state index contributed by atoms with van der Waals surface area (Å²) in [5.74, 6) is 0.892. The first-order chi connectivity index (χ1) is 9.87. The van der Waals surface area contributed by atoms with Gasteiger partial charge < -0.3 is 14.4 Å². The molecule has 1 saturated heterocycles. The van der Waals surface area contributed by atoms with Crippen LogP contribution in [0.4, 0.5) is 4.79 Å². The molecule has 5 nitrogen and oxygen atoms in total. The molecule has 1 aromatic heterocycles. The Morgan fingerprint density at radius 3 is 2.71 bits per heavy atom. The molecular weight excluding hydrogens is 268 g/mol. The third-order valence-electron chi connectivity index (χ3n) is 4.04. The van der Waals surface area contributed by atoms with Crippen molar-refractivity contribution in [2.24, 2.45) is 0 Å². The fourth-order valence-corrected chi connectivity index (χ4v) is 2.97. The number of fused-ring (bicyclic) bond motifs is 1. The van der Waals surface area contributed by atoms with E-state index in [1.54, 1.807) is 17.3 Å². The topological polar surface area (TPSA) is 51.7 Å². The number of carbonyl (C=O) groups is 1. The van der Waals surface area contributed by atoms with Crippen LogP contribution in [-0.2, 0) is 11.2 Å². The van der Waals surface area contributed by atoms with Crippen LogP contribution in [0.15, 0.2) is 18.5 Å². The summed E-state index contributed by atoms with van der Waals surface area (Å²) in [6, 6.07) is 2.02. The number of carbonyl (C=O) groups excluding carboxylic acids is 1. The van der Waals surface area contributed by atoms with Gasteiger partial charge in [-0.3, -0.25) is 4.98 Å². The minimum absolute atomic E-state index is 0.163. The predicted octanol–water partition coefficient (Wildman–Crippen LogP) is 2.79. The number of pyridine rings is 1. The maximum absolute atomic E-state index is 12.1. The van der Waals surface area contributed by atoms with Gasteiger partial charge in [0.15, 0.2) is 0 Å². The second-order valence-electron chi connectivity index (χ2n) is 6.91. The quantitative estimate of drug-likeness (QED) is 0.737. The summed E-state index contributed by atoms with van der Waals surface area (Å²) in [7, 11) is 0. The van der Waals surface area contributed by atoms with Crippen LogP contribution >= 0.6 is 0 Å². The van der Waals surface area contributed by atoms with Crippen molar-refractivity contribution < 1.29 is 14.3 Å². The maximum atomic E-state index is 12.1. The molecule has 2 aliphatic heterocycles. The van der Waals surface area contributed by atoms with E-state index < -0.39 is 5.60 Å². The summed E-state index contributed by atoms with van der Waals surface area (Å²) in [5.41, 5.74) is 0.609. The normalized spacial score (nSPS) is 20.0. The molecule has 0 saturated carbocycles. The molecule has 0 N–H and O–H groups in total. The molecule has 114 valence electrons. The number of hydrogen-bond acceptors (Lipinski definition) is 4. The minimum atomic E-state index is -0.446. The van der Waals surface area contributed by atoms with E-state index in [9.17, 15) is 4.79 Å². The molecule has 1 aromatic rings. The molecule has 0 unspecified atom stereocenters. The van der Waals surface area contributed by atoms with Crippen molar-refractivity contribution in [1.29, 1.82) is 0 Å². The number of rotatable bonds is 0. The molecule has 1 spiro atoms. The number of aromatic nitrogens is 1. The number of piperidine rings is 1. The summed E-state index contributed by atoms with van der Waals surface area (Å²) in [4.78, 5) is 18.0. The molecule has 0 aliphatic carbocycles. The summed E-state index contributed by atoms with van der Waals surface area (Å²) < 4.78 is 11.5. The Kier molecular flexibility index (Phi) is 3.30. The van der Waals surface area contributed by atoms with E-state index in [0.29, 0.717) is 13.1 Å². The van der Waals surface area contributed by atoms with Crippen molar-refractivity contribution in [3.63, 3.8) is 0 Å². The second kappa shape index (κ2) is 4.90. The van der Waals surface area contributed by atoms with Crippen LogP contribution in [0.1, 0.15) is 39.2 Å². The highest BCUT2D eigenvalue weighted by Crippen LogP contribution is 2.40. The van der Waals surface area contributed by atoms with Gasteiger partial charge in [0.05, 0.1) is 6.20 Å². The third-order valence-corrected chi connectivity index (χ3v) is 4.04. The number of hydrogen-bond donors (Lipinski definition) is 0. The maximum Gasteiger partial charge on any atom is 0.410 e. The molecule has 2 aliphatic rings. The molecular formula is C16H22N2O3. The lowest BCUT2D eigenvalue weighted by molar-refractivity contribution is -0.00894. The number of likely N-dealkylation sites (tertiary alicyclic amines) is 1. The molecule has 3 heterocycles. The van der Waals surface area contributed by atoms with Crippen LogP contribution in [0.2, 0.25) is 0 Å². The van der Waals surface area contributed by atoms with Gasteiger partial charge in [0, 0.05) is 44.1 Å². The first-order valence-corrected chi connectivity index (χ1v) is 7.47. The van der Waals surface area contributed by atoms with Crippen molar-refractivity contribution in [3.05, 3.63) is 24.0 Å². The zero-order chi connectivity index (χ0) is 15.1. The first-order valence-electron chi connectivity index (χ1n) is 7.47. The Labute approximate surface area is 125 Å². The van der Waals surface area contributed by atoms with E-state index in [1.165, 1.54) is 5.56 Å². The van der Waals surface area contributed by atoms with Gasteiger partial charge in [-0.15, -0.1) is 0 Å². The first kappa shape index (κ1) is 14.2. The molecule has 1 fully saturated rings. The van der Waals surface area contributed by atoms with Crippen molar-refractivity contribution >= 4 is 6.09 Å². The van der Waals surface area contributed by atoms with E-state index in [1.807, 2.05) is 26.8 Å². The molecule has 3 rings (SSSR count). The lowest BCUT2D eigenvalue weighted by atomic mass is 9.87. The Morgan fingerprint density at radius 1 is 1.38 bits per heavy atom. The highest BCUT2D eigenvalue weighted by atomic mass is 16.6. The van der Waals surface area contributed by atoms with Gasteiger partial charge in [-0.05, 0) is 26.8 Å². The summed E-state index contributed by atoms with van der Waals surface area (Å²) >= 11 is 0. The van der Waals surface area contributed by atoms with Crippen LogP contribution in [0.3, 0.4) is 0 Å². The van der Waals surface area contributed by atoms with Gasteiger partial charge in [0.25, 0.3) is 0 Å². The number of amides is 1. The molecule has 0 radical (unpaired) electrons. The van der Waals surface area contributed by atoms with Gasteiger partial charge in [-0.2, -0.15) is 0 Å². The van der Waals surface area contributed by atoms with E-state index in [-0.39, 0.29) is 11.7 Å². The zero-order valence-corrected chi connectivity index (χ0v) is 12.9. The standard InChI is InChI=1S/C16H22N2O3/c1-15(2,3)21-14(19)18-8-5-16(6-9-18)10-12-4-7-17-11-13(12)20-16/h4,7,11H,5-6,8-10H2,1-3H3. The van der Waals surface area contributed by atoms with Gasteiger partial charge in [-0.1, -0.05) is 0 Å². The summed E-state index contributed by atoms with van der Waals surface area (Å²) in [6.45, 7) is 7.02. The average Bonchev–Trinajstić information content (AvgIpc) is 2.75. The summed E-state index contributed by atoms with van der Waals surface area (Å²) in [6.07, 6.45) is 5.94. The zero-order valence-electron chi connectivity index (χ0n) is 12.9. The lowest BCUT2D eigenvalue weighted by Crippen LogP contribution is -2.50. The van der Waals surface area contributed by atoms with Crippen molar-refractivity contribution in [1.82, 2.24) is 9.88 Å². The molecule has 0 aromatic carbocycles. The third kappa shape index (κ3) is 2.96. The van der Waals surface area contributed by atoms with Crippen molar-refractivity contribution in [2.45, 2.75) is 51.2 Å². The van der Waals surface area contributed by atoms with Crippen LogP contribution in [-0.4, -0.2) is 40.3 Å². The van der Waals surface area contributed by atoms with Gasteiger partial charge >= 0.3 is 6.09 Å². The molecule has 1 amide bonds. The van der Waals surface area contributed by atoms with Crippen LogP contribution in [0.25, 0.3) is 0 Å². The SMILES string of the molecule is CC(C)(C)OC(=O)N1CCC2(CC1)Cc1ccncc1O2. The molecule has 0 atom stereocenters. The van der Waals surface area contributed by atoms with Crippen LogP contribution in [0, 0.1) is 0 Å². The average molecular weight is 290 g/mol. The predicted molar refractivity (Wildman–Crippen MR) is 78.3 cm³/mol. The molecule has 5 heteroatoms. The van der Waals surface area contributed by atoms with Crippen LogP contribution < -0.4 is 4.74 Å². The van der Waals surface area contributed by atoms with E-state index in [4.69, 9.17) is 9.47 Å². The van der Waals surface area contributed by atoms with Gasteiger partial charge in [0.2, 0.25) is 0 Å². The highest BCUT2D eigenvalue weighted by Gasteiger charge is 2.43. The summed E-state index contributed by atoms with van der Waals surface area (Å²) in [5, 5.41) is 0. The van der Waals surface area contributed by atoms with E-state index >= 15 is 0 Å². The Hall–Kier alpha value is -1.78. The van der Waals surface area contributed by atoms with Gasteiger partial charge in [0.1, 0.15) is 17.0 Å². The van der Waals surface area contributed by atoms with Crippen molar-refractivity contribution in [2.75, 3.05) is 13.1 Å².